The van der Waals surface area contributed by atoms with E-state index in [1.165, 1.54) is 12.6 Å². The zero-order valence-corrected chi connectivity index (χ0v) is 17.8. The van der Waals surface area contributed by atoms with Crippen LogP contribution < -0.4 is 10.5 Å². The molecule has 0 aliphatic carbocycles. The molecule has 0 radical (unpaired) electrons. The van der Waals surface area contributed by atoms with Crippen LogP contribution in [0.3, 0.4) is 0 Å². The number of piperidine rings is 1. The van der Waals surface area contributed by atoms with Crippen molar-refractivity contribution in [3.8, 4) is 11.1 Å². The first-order chi connectivity index (χ1) is 14.9. The Hall–Kier alpha value is -3.07. The highest BCUT2D eigenvalue weighted by atomic mass is 35.5. The Morgan fingerprint density at radius 1 is 1.06 bits per heavy atom. The molecule has 0 saturated carbocycles. The molecule has 3 aromatic heterocycles. The van der Waals surface area contributed by atoms with Gasteiger partial charge in [0.1, 0.15) is 12.4 Å². The van der Waals surface area contributed by atoms with Crippen molar-refractivity contribution in [3.05, 3.63) is 53.1 Å². The van der Waals surface area contributed by atoms with Crippen molar-refractivity contribution in [3.63, 3.8) is 0 Å². The number of rotatable bonds is 3. The fraction of sp³-hybridized carbons (Fsp3) is 0.318. The molecule has 0 unspecified atom stereocenters. The fourth-order valence-corrected chi connectivity index (χ4v) is 4.36. The number of nitrogens with one attached hydrogen (secondary N) is 1. The van der Waals surface area contributed by atoms with Crippen LogP contribution in [-0.4, -0.2) is 39.0 Å². The van der Waals surface area contributed by atoms with E-state index in [0.29, 0.717) is 10.9 Å². The van der Waals surface area contributed by atoms with Gasteiger partial charge in [-0.3, -0.25) is 14.5 Å². The summed E-state index contributed by atoms with van der Waals surface area (Å²) in [6.45, 7) is 0.426. The highest BCUT2D eigenvalue weighted by Gasteiger charge is 2.30. The van der Waals surface area contributed by atoms with Crippen molar-refractivity contribution in [2.75, 3.05) is 18.0 Å². The van der Waals surface area contributed by atoms with Gasteiger partial charge in [0.15, 0.2) is 0 Å². The Bertz CT molecular complexity index is 1320. The molecule has 1 saturated heterocycles. The van der Waals surface area contributed by atoms with Crippen LogP contribution >= 0.6 is 12.4 Å². The zero-order chi connectivity index (χ0) is 21.6. The van der Waals surface area contributed by atoms with Gasteiger partial charge in [0.2, 0.25) is 0 Å². The summed E-state index contributed by atoms with van der Waals surface area (Å²) in [4.78, 5) is 19.6. The molecule has 1 N–H and O–H groups in total. The largest absolute Gasteiger partial charge is 0.406 e. The number of aromatic nitrogens is 4. The predicted molar refractivity (Wildman–Crippen MR) is 120 cm³/mol. The summed E-state index contributed by atoms with van der Waals surface area (Å²) in [5.41, 5.74) is 1.49. The van der Waals surface area contributed by atoms with Crippen molar-refractivity contribution < 1.29 is 13.2 Å². The van der Waals surface area contributed by atoms with E-state index in [1.54, 1.807) is 18.3 Å². The molecule has 168 valence electrons. The number of fused-ring (bicyclic) bond motifs is 3. The number of alkyl halides is 3. The number of pyridine rings is 2. The normalized spacial score (nSPS) is 14.7. The van der Waals surface area contributed by atoms with Crippen LogP contribution in [0.1, 0.15) is 19.3 Å². The highest BCUT2D eigenvalue weighted by Crippen LogP contribution is 2.34. The van der Waals surface area contributed by atoms with Gasteiger partial charge < -0.3 is 4.90 Å². The van der Waals surface area contributed by atoms with Gasteiger partial charge >= 0.3 is 6.18 Å². The van der Waals surface area contributed by atoms with E-state index in [-0.39, 0.29) is 23.3 Å². The van der Waals surface area contributed by atoms with Crippen LogP contribution in [0.15, 0.2) is 47.5 Å². The maximum Gasteiger partial charge on any atom is 0.406 e. The van der Waals surface area contributed by atoms with Gasteiger partial charge in [0.05, 0.1) is 22.6 Å². The van der Waals surface area contributed by atoms with Crippen molar-refractivity contribution in [1.29, 1.82) is 0 Å². The molecule has 10 heteroatoms. The second kappa shape index (κ2) is 8.46. The summed E-state index contributed by atoms with van der Waals surface area (Å²) >= 11 is 0. The third-order valence-electron chi connectivity index (χ3n) is 5.76. The van der Waals surface area contributed by atoms with Crippen molar-refractivity contribution in [1.82, 2.24) is 19.7 Å². The Morgan fingerprint density at radius 2 is 1.84 bits per heavy atom. The van der Waals surface area contributed by atoms with E-state index in [1.807, 2.05) is 18.2 Å². The van der Waals surface area contributed by atoms with E-state index < -0.39 is 18.3 Å². The van der Waals surface area contributed by atoms with Crippen LogP contribution in [0.2, 0.25) is 0 Å². The van der Waals surface area contributed by atoms with Gasteiger partial charge in [-0.25, -0.2) is 4.98 Å². The summed E-state index contributed by atoms with van der Waals surface area (Å²) < 4.78 is 40.7. The lowest BCUT2D eigenvalue weighted by molar-refractivity contribution is -0.140. The summed E-state index contributed by atoms with van der Waals surface area (Å²) in [5, 5.41) is 7.28. The molecule has 1 aliphatic rings. The number of halogens is 4. The quantitative estimate of drug-likeness (QED) is 0.468. The van der Waals surface area contributed by atoms with Crippen molar-refractivity contribution >= 4 is 40.0 Å². The first-order valence-electron chi connectivity index (χ1n) is 10.2. The number of H-pyrrole nitrogens is 1. The number of hydrogen-bond donors (Lipinski definition) is 1. The maximum atomic E-state index is 13.3. The van der Waals surface area contributed by atoms with Crippen LogP contribution in [0.25, 0.3) is 32.9 Å². The molecule has 0 spiro atoms. The fourth-order valence-electron chi connectivity index (χ4n) is 4.36. The topological polar surface area (TPSA) is 66.8 Å². The van der Waals surface area contributed by atoms with E-state index in [2.05, 4.69) is 20.1 Å². The molecular weight excluding hydrogens is 443 g/mol. The molecule has 0 bridgehead atoms. The van der Waals surface area contributed by atoms with Crippen LogP contribution in [0.4, 0.5) is 19.0 Å². The first kappa shape index (κ1) is 22.1. The summed E-state index contributed by atoms with van der Waals surface area (Å²) in [6.07, 6.45) is 1.80. The minimum atomic E-state index is -4.53. The monoisotopic (exact) mass is 463 g/mol. The molecule has 0 atom stereocenters. The Morgan fingerprint density at radius 3 is 2.59 bits per heavy atom. The van der Waals surface area contributed by atoms with Gasteiger partial charge in [0, 0.05) is 30.2 Å². The number of benzene rings is 1. The third-order valence-corrected chi connectivity index (χ3v) is 5.76. The number of hydrogen-bond acceptors (Lipinski definition) is 4. The van der Waals surface area contributed by atoms with Gasteiger partial charge in [0.25, 0.3) is 5.56 Å². The summed E-state index contributed by atoms with van der Waals surface area (Å²) in [5.74, 6) is 0.814. The molecule has 1 aromatic carbocycles. The molecule has 4 heterocycles. The molecule has 4 aromatic rings. The molecule has 0 amide bonds. The van der Waals surface area contributed by atoms with Gasteiger partial charge in [-0.1, -0.05) is 12.1 Å². The highest BCUT2D eigenvalue weighted by molar-refractivity contribution is 6.04. The molecular formula is C22H21ClF3N5O. The van der Waals surface area contributed by atoms with Crippen LogP contribution in [0.5, 0.6) is 0 Å². The second-order valence-corrected chi connectivity index (χ2v) is 7.82. The lowest BCUT2D eigenvalue weighted by Crippen LogP contribution is -2.30. The van der Waals surface area contributed by atoms with E-state index in [4.69, 9.17) is 0 Å². The smallest absolute Gasteiger partial charge is 0.356 e. The lowest BCUT2D eigenvalue weighted by Gasteiger charge is -2.29. The Kier molecular flexibility index (Phi) is 5.85. The van der Waals surface area contributed by atoms with Gasteiger partial charge in [-0.05, 0) is 43.0 Å². The van der Waals surface area contributed by atoms with Gasteiger partial charge in [-0.15, -0.1) is 12.4 Å². The second-order valence-electron chi connectivity index (χ2n) is 7.82. The van der Waals surface area contributed by atoms with E-state index in [9.17, 15) is 18.0 Å². The first-order valence-corrected chi connectivity index (χ1v) is 10.2. The lowest BCUT2D eigenvalue weighted by atomic mass is 10.0. The average molecular weight is 464 g/mol. The summed E-state index contributed by atoms with van der Waals surface area (Å²) in [6, 6.07) is 8.97. The average Bonchev–Trinajstić information content (AvgIpc) is 3.26. The molecule has 1 aliphatic heterocycles. The minimum absolute atomic E-state index is 0. The van der Waals surface area contributed by atoms with Crippen molar-refractivity contribution in [2.24, 2.45) is 0 Å². The Balaban J connectivity index is 0.00000245. The molecule has 6 nitrogen and oxygen atoms in total. The van der Waals surface area contributed by atoms with Crippen LogP contribution in [0, 0.1) is 0 Å². The van der Waals surface area contributed by atoms with E-state index in [0.717, 1.165) is 47.4 Å². The molecule has 32 heavy (non-hydrogen) atoms. The number of anilines is 1. The zero-order valence-electron chi connectivity index (χ0n) is 17.0. The SMILES string of the molecule is Cl.O=c1c2cn[nH]c2c2ccc(-c3cccnc3N3CCCCC3)cc2n1CC(F)(F)F. The van der Waals surface area contributed by atoms with E-state index >= 15 is 0 Å². The maximum absolute atomic E-state index is 13.3. The minimum Gasteiger partial charge on any atom is -0.356 e. The third kappa shape index (κ3) is 3.92. The number of aromatic amines is 1. The standard InChI is InChI=1S/C22H20F3N5O.ClH/c23-22(24,25)13-30-18-11-14(6-7-16(18)19-17(21(30)31)12-27-28-19)15-5-4-8-26-20(15)29-9-2-1-3-10-29;/h4-8,11-12H,1-3,9-10,13H2,(H,27,28);1H. The van der Waals surface area contributed by atoms with Crippen molar-refractivity contribution in [2.45, 2.75) is 32.0 Å². The Labute approximate surface area is 187 Å². The van der Waals surface area contributed by atoms with Crippen LogP contribution in [-0.2, 0) is 6.54 Å². The summed E-state index contributed by atoms with van der Waals surface area (Å²) in [7, 11) is 0. The van der Waals surface area contributed by atoms with Gasteiger partial charge in [-0.2, -0.15) is 18.3 Å². The number of nitrogens with zero attached hydrogens (tertiary/aromatic N) is 4. The predicted octanol–water partition coefficient (Wildman–Crippen LogP) is 4.91. The molecule has 1 fully saturated rings. The molecule has 5 rings (SSSR count).